The fourth-order valence-electron chi connectivity index (χ4n) is 1.86. The maximum absolute atomic E-state index is 12.4. The molecule has 0 aliphatic carbocycles. The van der Waals surface area contributed by atoms with E-state index in [1.165, 1.54) is 0 Å². The fourth-order valence-corrected chi connectivity index (χ4v) is 2.13. The molecule has 0 unspecified atom stereocenters. The Bertz CT molecular complexity index is 522. The maximum atomic E-state index is 12.4. The van der Waals surface area contributed by atoms with Crippen molar-refractivity contribution in [2.75, 3.05) is 0 Å². The summed E-state index contributed by atoms with van der Waals surface area (Å²) in [6.45, 7) is 10.6. The highest BCUT2D eigenvalue weighted by Crippen LogP contribution is 2.21. The van der Waals surface area contributed by atoms with Gasteiger partial charge in [0.1, 0.15) is 11.2 Å². The van der Waals surface area contributed by atoms with Gasteiger partial charge in [-0.05, 0) is 65.7 Å². The van der Waals surface area contributed by atoms with E-state index in [-0.39, 0.29) is 6.42 Å². The average molecular weight is 385 g/mol. The summed E-state index contributed by atoms with van der Waals surface area (Å²) in [5.41, 5.74) is -0.441. The predicted molar refractivity (Wildman–Crippen MR) is 93.0 cm³/mol. The van der Waals surface area contributed by atoms with Crippen LogP contribution in [-0.2, 0) is 25.5 Å². The summed E-state index contributed by atoms with van der Waals surface area (Å²) >= 11 is 3.37. The SMILES string of the molecule is CC(C)(C)OC(=O)C(Cc1ccc(Br)cc1)C(=O)OC(C)(C)C. The first-order valence-electron chi connectivity index (χ1n) is 7.57. The standard InChI is InChI=1S/C18H25BrO4/c1-17(2,3)22-15(20)14(16(21)23-18(4,5)6)11-12-7-9-13(19)10-8-12/h7-10,14H,11H2,1-6H3. The highest BCUT2D eigenvalue weighted by Gasteiger charge is 2.34. The third kappa shape index (κ3) is 7.64. The third-order valence-corrected chi connectivity index (χ3v) is 3.26. The van der Waals surface area contributed by atoms with Crippen molar-refractivity contribution >= 4 is 27.9 Å². The molecule has 0 fully saturated rings. The molecule has 0 radical (unpaired) electrons. The highest BCUT2D eigenvalue weighted by molar-refractivity contribution is 9.10. The molecule has 0 saturated heterocycles. The monoisotopic (exact) mass is 384 g/mol. The number of hydrogen-bond donors (Lipinski definition) is 0. The van der Waals surface area contributed by atoms with Crippen LogP contribution in [0, 0.1) is 5.92 Å². The Morgan fingerprint density at radius 2 is 1.30 bits per heavy atom. The second kappa shape index (κ2) is 7.47. The zero-order chi connectivity index (χ0) is 17.8. The van der Waals surface area contributed by atoms with Crippen LogP contribution in [0.4, 0.5) is 0 Å². The molecule has 0 spiro atoms. The zero-order valence-electron chi connectivity index (χ0n) is 14.6. The van der Waals surface area contributed by atoms with Crippen LogP contribution >= 0.6 is 15.9 Å². The van der Waals surface area contributed by atoms with Crippen LogP contribution in [0.1, 0.15) is 47.1 Å². The van der Waals surface area contributed by atoms with Gasteiger partial charge in [0, 0.05) is 4.47 Å². The molecule has 0 aliphatic heterocycles. The summed E-state index contributed by atoms with van der Waals surface area (Å²) in [6.07, 6.45) is 0.247. The largest absolute Gasteiger partial charge is 0.459 e. The lowest BCUT2D eigenvalue weighted by Crippen LogP contribution is -2.38. The molecule has 4 nitrogen and oxygen atoms in total. The van der Waals surface area contributed by atoms with Gasteiger partial charge in [0.05, 0.1) is 0 Å². The van der Waals surface area contributed by atoms with Crippen molar-refractivity contribution in [3.8, 4) is 0 Å². The number of carbonyl (C=O) groups excluding carboxylic acids is 2. The van der Waals surface area contributed by atoms with E-state index < -0.39 is 29.1 Å². The molecule has 0 atom stereocenters. The lowest BCUT2D eigenvalue weighted by molar-refractivity contribution is -0.174. The van der Waals surface area contributed by atoms with Crippen LogP contribution in [-0.4, -0.2) is 23.1 Å². The zero-order valence-corrected chi connectivity index (χ0v) is 16.2. The van der Waals surface area contributed by atoms with Gasteiger partial charge in [0.2, 0.25) is 0 Å². The number of rotatable bonds is 4. The maximum Gasteiger partial charge on any atom is 0.321 e. The predicted octanol–water partition coefficient (Wildman–Crippen LogP) is 4.29. The van der Waals surface area contributed by atoms with Crippen molar-refractivity contribution in [2.45, 2.75) is 59.2 Å². The molecule has 1 rings (SSSR count). The molecule has 0 N–H and O–H groups in total. The summed E-state index contributed by atoms with van der Waals surface area (Å²) in [4.78, 5) is 24.9. The van der Waals surface area contributed by atoms with Crippen molar-refractivity contribution in [3.05, 3.63) is 34.3 Å². The van der Waals surface area contributed by atoms with Gasteiger partial charge in [-0.25, -0.2) is 0 Å². The van der Waals surface area contributed by atoms with Crippen molar-refractivity contribution < 1.29 is 19.1 Å². The fraction of sp³-hybridized carbons (Fsp3) is 0.556. The number of halogens is 1. The van der Waals surface area contributed by atoms with Gasteiger partial charge in [-0.1, -0.05) is 28.1 Å². The molecule has 0 saturated carbocycles. The second-order valence-corrected chi connectivity index (χ2v) is 8.37. The number of esters is 2. The molecule has 0 amide bonds. The first-order valence-corrected chi connectivity index (χ1v) is 8.37. The van der Waals surface area contributed by atoms with Gasteiger partial charge < -0.3 is 9.47 Å². The lowest BCUT2D eigenvalue weighted by atomic mass is 9.98. The summed E-state index contributed by atoms with van der Waals surface area (Å²) in [5.74, 6) is -2.10. The van der Waals surface area contributed by atoms with Gasteiger partial charge in [-0.2, -0.15) is 0 Å². The summed E-state index contributed by atoms with van der Waals surface area (Å²) in [5, 5.41) is 0. The Kier molecular flexibility index (Phi) is 6.40. The van der Waals surface area contributed by atoms with Gasteiger partial charge in [-0.15, -0.1) is 0 Å². The van der Waals surface area contributed by atoms with Gasteiger partial charge in [0.15, 0.2) is 5.92 Å². The van der Waals surface area contributed by atoms with Crippen LogP contribution in [0.25, 0.3) is 0 Å². The second-order valence-electron chi connectivity index (χ2n) is 7.45. The Labute approximate surface area is 146 Å². The van der Waals surface area contributed by atoms with Crippen LogP contribution in [0.5, 0.6) is 0 Å². The van der Waals surface area contributed by atoms with E-state index in [2.05, 4.69) is 15.9 Å². The van der Waals surface area contributed by atoms with Crippen molar-refractivity contribution in [1.82, 2.24) is 0 Å². The number of benzene rings is 1. The minimum atomic E-state index is -0.977. The molecule has 0 bridgehead atoms. The summed E-state index contributed by atoms with van der Waals surface area (Å²) in [7, 11) is 0. The molecule has 23 heavy (non-hydrogen) atoms. The average Bonchev–Trinajstić information content (AvgIpc) is 2.33. The molecule has 128 valence electrons. The Balaban J connectivity index is 2.98. The number of hydrogen-bond acceptors (Lipinski definition) is 4. The van der Waals surface area contributed by atoms with Gasteiger partial charge in [-0.3, -0.25) is 9.59 Å². The van der Waals surface area contributed by atoms with Gasteiger partial charge in [0.25, 0.3) is 0 Å². The molecule has 0 aliphatic rings. The van der Waals surface area contributed by atoms with Gasteiger partial charge >= 0.3 is 11.9 Å². The summed E-state index contributed by atoms with van der Waals surface area (Å²) < 4.78 is 11.7. The Morgan fingerprint density at radius 3 is 1.65 bits per heavy atom. The molecule has 0 aromatic heterocycles. The normalized spacial score (nSPS) is 12.2. The van der Waals surface area contributed by atoms with E-state index in [4.69, 9.17) is 9.47 Å². The van der Waals surface area contributed by atoms with Crippen LogP contribution in [0.3, 0.4) is 0 Å². The number of carbonyl (C=O) groups is 2. The molecular formula is C18H25BrO4. The van der Waals surface area contributed by atoms with E-state index in [1.807, 2.05) is 24.3 Å². The lowest BCUT2D eigenvalue weighted by Gasteiger charge is -2.26. The molecule has 1 aromatic carbocycles. The molecular weight excluding hydrogens is 360 g/mol. The van der Waals surface area contributed by atoms with Crippen molar-refractivity contribution in [1.29, 1.82) is 0 Å². The number of ether oxygens (including phenoxy) is 2. The Hall–Kier alpha value is -1.36. The third-order valence-electron chi connectivity index (χ3n) is 2.74. The van der Waals surface area contributed by atoms with E-state index in [0.717, 1.165) is 10.0 Å². The van der Waals surface area contributed by atoms with E-state index in [0.29, 0.717) is 0 Å². The van der Waals surface area contributed by atoms with Crippen LogP contribution in [0.2, 0.25) is 0 Å². The first kappa shape index (κ1) is 19.7. The minimum Gasteiger partial charge on any atom is -0.459 e. The molecule has 5 heteroatoms. The smallest absolute Gasteiger partial charge is 0.321 e. The molecule has 0 heterocycles. The van der Waals surface area contributed by atoms with Crippen LogP contribution in [0.15, 0.2) is 28.7 Å². The van der Waals surface area contributed by atoms with E-state index in [9.17, 15) is 9.59 Å². The quantitative estimate of drug-likeness (QED) is 0.573. The van der Waals surface area contributed by atoms with Crippen LogP contribution < -0.4 is 0 Å². The Morgan fingerprint density at radius 1 is 0.913 bits per heavy atom. The van der Waals surface area contributed by atoms with Crippen molar-refractivity contribution in [3.63, 3.8) is 0 Å². The summed E-state index contributed by atoms with van der Waals surface area (Å²) in [6, 6.07) is 7.48. The van der Waals surface area contributed by atoms with Crippen molar-refractivity contribution in [2.24, 2.45) is 5.92 Å². The first-order chi connectivity index (χ1) is 10.4. The minimum absolute atomic E-state index is 0.247. The topological polar surface area (TPSA) is 52.6 Å². The highest BCUT2D eigenvalue weighted by atomic mass is 79.9. The molecule has 1 aromatic rings. The van der Waals surface area contributed by atoms with E-state index >= 15 is 0 Å². The van der Waals surface area contributed by atoms with E-state index in [1.54, 1.807) is 41.5 Å².